The molecule has 3 aromatic carbocycles. The minimum absolute atomic E-state index is 0.00909. The van der Waals surface area contributed by atoms with E-state index in [1.165, 1.54) is 35.0 Å². The van der Waals surface area contributed by atoms with Crippen LogP contribution in [0.3, 0.4) is 0 Å². The summed E-state index contributed by atoms with van der Waals surface area (Å²) in [6.07, 6.45) is 1.62. The highest BCUT2D eigenvalue weighted by Crippen LogP contribution is 2.27. The molecule has 198 valence electrons. The summed E-state index contributed by atoms with van der Waals surface area (Å²) in [7, 11) is -2.48. The standard InChI is InChI=1S/C27H24N6O5S/c1-31(16-19-17-32(30-29-19)22-13-7-8-14-24(22)39(28,37)38)27(36)23(15-18-9-3-2-4-10-18)33-25(34)20-11-5-6-12-21(20)26(33)35/h2-14,17,23H,15-16H2,1H3,(H2,28,37,38). The number of imide groups is 1. The third-order valence-corrected chi connectivity index (χ3v) is 7.39. The van der Waals surface area contributed by atoms with Gasteiger partial charge < -0.3 is 4.90 Å². The number of fused-ring (bicyclic) bond motifs is 1. The Labute approximate surface area is 224 Å². The summed E-state index contributed by atoms with van der Waals surface area (Å²) in [5.41, 5.74) is 1.86. The molecule has 12 heteroatoms. The smallest absolute Gasteiger partial charge is 0.262 e. The number of carbonyl (C=O) groups excluding carboxylic acids is 3. The van der Waals surface area contributed by atoms with E-state index in [1.807, 2.05) is 30.3 Å². The van der Waals surface area contributed by atoms with Crippen LogP contribution in [0.4, 0.5) is 0 Å². The van der Waals surface area contributed by atoms with Gasteiger partial charge in [0.1, 0.15) is 16.6 Å². The molecule has 1 aliphatic heterocycles. The molecule has 1 atom stereocenters. The van der Waals surface area contributed by atoms with E-state index in [9.17, 15) is 22.8 Å². The van der Waals surface area contributed by atoms with Gasteiger partial charge in [-0.2, -0.15) is 0 Å². The van der Waals surface area contributed by atoms with Crippen LogP contribution in [-0.4, -0.2) is 64.0 Å². The Balaban J connectivity index is 1.42. The van der Waals surface area contributed by atoms with Crippen LogP contribution in [0.5, 0.6) is 0 Å². The Kier molecular flexibility index (Phi) is 6.81. The van der Waals surface area contributed by atoms with E-state index < -0.39 is 33.8 Å². The first-order valence-electron chi connectivity index (χ1n) is 11.9. The molecule has 2 N–H and O–H groups in total. The van der Waals surface area contributed by atoms with Crippen LogP contribution >= 0.6 is 0 Å². The number of nitrogens with zero attached hydrogens (tertiary/aromatic N) is 5. The second-order valence-electron chi connectivity index (χ2n) is 9.09. The zero-order valence-electron chi connectivity index (χ0n) is 20.8. The maximum atomic E-state index is 13.8. The fourth-order valence-corrected chi connectivity index (χ4v) is 5.29. The predicted octanol–water partition coefficient (Wildman–Crippen LogP) is 1.78. The van der Waals surface area contributed by atoms with Crippen molar-refractivity contribution >= 4 is 27.7 Å². The lowest BCUT2D eigenvalue weighted by molar-refractivity contribution is -0.134. The Morgan fingerprint density at radius 2 is 1.51 bits per heavy atom. The molecule has 0 spiro atoms. The number of benzene rings is 3. The van der Waals surface area contributed by atoms with E-state index in [-0.39, 0.29) is 34.7 Å². The SMILES string of the molecule is CN(Cc1cn(-c2ccccc2S(N)(=O)=O)nn1)C(=O)C(Cc1ccccc1)N1C(=O)c2ccccc2C1=O. The van der Waals surface area contributed by atoms with E-state index in [0.29, 0.717) is 5.69 Å². The van der Waals surface area contributed by atoms with Crippen molar-refractivity contribution < 1.29 is 22.8 Å². The second kappa shape index (κ2) is 10.2. The fraction of sp³-hybridized carbons (Fsp3) is 0.148. The highest BCUT2D eigenvalue weighted by atomic mass is 32.2. The summed E-state index contributed by atoms with van der Waals surface area (Å²) < 4.78 is 25.2. The number of hydrogen-bond donors (Lipinski definition) is 1. The summed E-state index contributed by atoms with van der Waals surface area (Å²) in [6.45, 7) is -0.00909. The Hall–Kier alpha value is -4.68. The summed E-state index contributed by atoms with van der Waals surface area (Å²) in [5.74, 6) is -1.51. The molecule has 3 amide bonds. The number of primary sulfonamides is 1. The van der Waals surface area contributed by atoms with Gasteiger partial charge in [0.15, 0.2) is 0 Å². The molecule has 5 rings (SSSR count). The number of likely N-dealkylation sites (N-methyl/N-ethyl adjacent to an activating group) is 1. The van der Waals surface area contributed by atoms with E-state index in [4.69, 9.17) is 5.14 Å². The van der Waals surface area contributed by atoms with Gasteiger partial charge >= 0.3 is 0 Å². The molecule has 0 aliphatic carbocycles. The average molecular weight is 545 g/mol. The molecule has 1 unspecified atom stereocenters. The predicted molar refractivity (Wildman–Crippen MR) is 140 cm³/mol. The van der Waals surface area contributed by atoms with Gasteiger partial charge in [-0.25, -0.2) is 18.2 Å². The van der Waals surface area contributed by atoms with Gasteiger partial charge in [0.05, 0.1) is 29.6 Å². The van der Waals surface area contributed by atoms with Crippen molar-refractivity contribution in [2.45, 2.75) is 23.9 Å². The normalized spacial score (nSPS) is 13.8. The second-order valence-corrected chi connectivity index (χ2v) is 10.6. The quantitative estimate of drug-likeness (QED) is 0.332. The first kappa shape index (κ1) is 25.9. The van der Waals surface area contributed by atoms with Crippen LogP contribution in [0, 0.1) is 0 Å². The van der Waals surface area contributed by atoms with Gasteiger partial charge in [0.25, 0.3) is 11.8 Å². The zero-order chi connectivity index (χ0) is 27.7. The van der Waals surface area contributed by atoms with Crippen molar-refractivity contribution in [2.24, 2.45) is 5.14 Å². The maximum Gasteiger partial charge on any atom is 0.262 e. The van der Waals surface area contributed by atoms with Gasteiger partial charge in [0.2, 0.25) is 15.9 Å². The highest BCUT2D eigenvalue weighted by Gasteiger charge is 2.43. The molecule has 1 aliphatic rings. The first-order valence-corrected chi connectivity index (χ1v) is 13.5. The van der Waals surface area contributed by atoms with Crippen molar-refractivity contribution in [3.8, 4) is 5.69 Å². The van der Waals surface area contributed by atoms with E-state index in [0.717, 1.165) is 10.5 Å². The molecule has 0 saturated heterocycles. The summed E-state index contributed by atoms with van der Waals surface area (Å²) >= 11 is 0. The van der Waals surface area contributed by atoms with Crippen LogP contribution in [-0.2, 0) is 27.8 Å². The molecular formula is C27H24N6O5S. The highest BCUT2D eigenvalue weighted by molar-refractivity contribution is 7.89. The molecule has 0 saturated carbocycles. The Morgan fingerprint density at radius 3 is 2.15 bits per heavy atom. The lowest BCUT2D eigenvalue weighted by atomic mass is 10.0. The van der Waals surface area contributed by atoms with Crippen molar-refractivity contribution in [3.63, 3.8) is 0 Å². The van der Waals surface area contributed by atoms with E-state index in [1.54, 1.807) is 36.4 Å². The van der Waals surface area contributed by atoms with E-state index in [2.05, 4.69) is 10.3 Å². The van der Waals surface area contributed by atoms with Gasteiger partial charge in [-0.1, -0.05) is 59.8 Å². The van der Waals surface area contributed by atoms with Crippen LogP contribution < -0.4 is 5.14 Å². The number of hydrogen-bond acceptors (Lipinski definition) is 7. The van der Waals surface area contributed by atoms with Crippen LogP contribution in [0.15, 0.2) is 90.0 Å². The molecular weight excluding hydrogens is 520 g/mol. The summed E-state index contributed by atoms with van der Waals surface area (Å²) in [4.78, 5) is 42.5. The monoisotopic (exact) mass is 544 g/mol. The number of nitrogens with two attached hydrogens (primary N) is 1. The molecule has 4 aromatic rings. The number of sulfonamides is 1. The van der Waals surface area contributed by atoms with Crippen LogP contribution in [0.25, 0.3) is 5.69 Å². The minimum Gasteiger partial charge on any atom is -0.338 e. The number of carbonyl (C=O) groups is 3. The first-order chi connectivity index (χ1) is 18.6. The molecule has 11 nitrogen and oxygen atoms in total. The van der Waals surface area contributed by atoms with Crippen molar-refractivity contribution in [2.75, 3.05) is 7.05 Å². The number of aromatic nitrogens is 3. The largest absolute Gasteiger partial charge is 0.338 e. The van der Waals surface area contributed by atoms with Gasteiger partial charge in [-0.3, -0.25) is 19.3 Å². The maximum absolute atomic E-state index is 13.8. The fourth-order valence-electron chi connectivity index (χ4n) is 4.57. The number of rotatable bonds is 8. The topological polar surface area (TPSA) is 149 Å². The molecule has 0 bridgehead atoms. The lowest BCUT2D eigenvalue weighted by Gasteiger charge is -2.29. The molecule has 39 heavy (non-hydrogen) atoms. The van der Waals surface area contributed by atoms with Gasteiger partial charge in [-0.05, 0) is 29.8 Å². The van der Waals surface area contributed by atoms with Crippen molar-refractivity contribution in [3.05, 3.63) is 107 Å². The van der Waals surface area contributed by atoms with Crippen molar-refractivity contribution in [1.29, 1.82) is 0 Å². The molecule has 0 radical (unpaired) electrons. The third kappa shape index (κ3) is 5.07. The van der Waals surface area contributed by atoms with Crippen LogP contribution in [0.2, 0.25) is 0 Å². The lowest BCUT2D eigenvalue weighted by Crippen LogP contribution is -2.51. The Morgan fingerprint density at radius 1 is 0.923 bits per heavy atom. The summed E-state index contributed by atoms with van der Waals surface area (Å²) in [6, 6.07) is 20.6. The Bertz CT molecular complexity index is 1650. The van der Waals surface area contributed by atoms with Gasteiger partial charge in [0, 0.05) is 13.5 Å². The molecule has 0 fully saturated rings. The van der Waals surface area contributed by atoms with Crippen LogP contribution in [0.1, 0.15) is 32.0 Å². The summed E-state index contributed by atoms with van der Waals surface area (Å²) in [5, 5.41) is 13.4. The van der Waals surface area contributed by atoms with E-state index >= 15 is 0 Å². The number of para-hydroxylation sites is 1. The molecule has 1 aromatic heterocycles. The minimum atomic E-state index is -4.01. The molecule has 2 heterocycles. The van der Waals surface area contributed by atoms with Gasteiger partial charge in [-0.15, -0.1) is 5.10 Å². The third-order valence-electron chi connectivity index (χ3n) is 6.43. The zero-order valence-corrected chi connectivity index (χ0v) is 21.7. The average Bonchev–Trinajstić information content (AvgIpc) is 3.49. The van der Waals surface area contributed by atoms with Crippen molar-refractivity contribution in [1.82, 2.24) is 24.8 Å². The number of amides is 3.